The summed E-state index contributed by atoms with van der Waals surface area (Å²) < 4.78 is 5.19. The van der Waals surface area contributed by atoms with Crippen molar-refractivity contribution in [1.29, 1.82) is 0 Å². The van der Waals surface area contributed by atoms with Gasteiger partial charge in [0.2, 0.25) is 0 Å². The lowest BCUT2D eigenvalue weighted by atomic mass is 10.0. The van der Waals surface area contributed by atoms with Crippen LogP contribution in [0.25, 0.3) is 0 Å². The molecular formula is C15H22O2. The Morgan fingerprint density at radius 2 is 1.82 bits per heavy atom. The zero-order chi connectivity index (χ0) is 12.5. The number of carbonyl (C=O) groups excluding carboxylic acids is 1. The van der Waals surface area contributed by atoms with E-state index in [1.165, 1.54) is 19.3 Å². The summed E-state index contributed by atoms with van der Waals surface area (Å²) in [6.45, 7) is 2.19. The van der Waals surface area contributed by atoms with Crippen molar-refractivity contribution < 1.29 is 9.53 Å². The van der Waals surface area contributed by atoms with Crippen molar-refractivity contribution in [3.63, 3.8) is 0 Å². The van der Waals surface area contributed by atoms with Crippen LogP contribution in [0, 0.1) is 0 Å². The molecule has 0 amide bonds. The van der Waals surface area contributed by atoms with Gasteiger partial charge >= 0.3 is 0 Å². The molecule has 0 heterocycles. The molecule has 2 nitrogen and oxygen atoms in total. The van der Waals surface area contributed by atoms with Crippen molar-refractivity contribution in [3.05, 3.63) is 29.8 Å². The summed E-state index contributed by atoms with van der Waals surface area (Å²) in [5.74, 6) is 0.880. The summed E-state index contributed by atoms with van der Waals surface area (Å²) in [4.78, 5) is 12.0. The molecule has 0 atom stereocenters. The first-order valence-corrected chi connectivity index (χ1v) is 6.45. The molecule has 1 aromatic rings. The average Bonchev–Trinajstić information content (AvgIpc) is 2.38. The molecule has 1 rings (SSSR count). The molecule has 0 radical (unpaired) electrons. The monoisotopic (exact) mass is 234 g/mol. The number of para-hydroxylation sites is 1. The van der Waals surface area contributed by atoms with E-state index < -0.39 is 0 Å². The lowest BCUT2D eigenvalue weighted by molar-refractivity contribution is 0.0976. The molecule has 2 heteroatoms. The maximum atomic E-state index is 12.0. The normalized spacial score (nSPS) is 10.2. The van der Waals surface area contributed by atoms with E-state index in [-0.39, 0.29) is 5.78 Å². The Labute approximate surface area is 104 Å². The number of methoxy groups -OCH3 is 1. The molecule has 1 aromatic carbocycles. The molecule has 0 spiro atoms. The highest BCUT2D eigenvalue weighted by molar-refractivity contribution is 5.98. The van der Waals surface area contributed by atoms with Gasteiger partial charge in [-0.1, -0.05) is 44.7 Å². The highest BCUT2D eigenvalue weighted by Crippen LogP contribution is 2.20. The van der Waals surface area contributed by atoms with E-state index in [0.29, 0.717) is 17.7 Å². The van der Waals surface area contributed by atoms with Gasteiger partial charge < -0.3 is 4.74 Å². The molecule has 0 fully saturated rings. The van der Waals surface area contributed by atoms with Crippen LogP contribution in [0.15, 0.2) is 24.3 Å². The Hall–Kier alpha value is -1.31. The van der Waals surface area contributed by atoms with Crippen LogP contribution in [0.4, 0.5) is 0 Å². The van der Waals surface area contributed by atoms with Crippen LogP contribution in [-0.4, -0.2) is 12.9 Å². The van der Waals surface area contributed by atoms with Crippen LogP contribution >= 0.6 is 0 Å². The number of carbonyl (C=O) groups is 1. The second-order valence-corrected chi connectivity index (χ2v) is 4.29. The van der Waals surface area contributed by atoms with Crippen LogP contribution in [0.1, 0.15) is 55.8 Å². The van der Waals surface area contributed by atoms with Crippen LogP contribution in [-0.2, 0) is 0 Å². The number of hydrogen-bond donors (Lipinski definition) is 0. The number of ketones is 1. The van der Waals surface area contributed by atoms with Crippen molar-refractivity contribution in [2.75, 3.05) is 7.11 Å². The molecule has 0 unspecified atom stereocenters. The minimum Gasteiger partial charge on any atom is -0.496 e. The fourth-order valence-electron chi connectivity index (χ4n) is 1.90. The molecule has 17 heavy (non-hydrogen) atoms. The van der Waals surface area contributed by atoms with E-state index in [9.17, 15) is 4.79 Å². The van der Waals surface area contributed by atoms with Gasteiger partial charge in [0.25, 0.3) is 0 Å². The van der Waals surface area contributed by atoms with Gasteiger partial charge in [-0.15, -0.1) is 0 Å². The molecule has 0 N–H and O–H groups in total. The van der Waals surface area contributed by atoms with Crippen molar-refractivity contribution in [3.8, 4) is 5.75 Å². The number of rotatable bonds is 8. The second-order valence-electron chi connectivity index (χ2n) is 4.29. The quantitative estimate of drug-likeness (QED) is 0.497. The fraction of sp³-hybridized carbons (Fsp3) is 0.533. The standard InChI is InChI=1S/C15H22O2/c1-3-4-5-6-7-11-14(16)13-10-8-9-12-15(13)17-2/h8-10,12H,3-7,11H2,1-2H3. The van der Waals surface area contributed by atoms with Gasteiger partial charge in [0, 0.05) is 6.42 Å². The minimum atomic E-state index is 0.193. The molecule has 0 aliphatic carbocycles. The zero-order valence-electron chi connectivity index (χ0n) is 10.9. The van der Waals surface area contributed by atoms with Crippen LogP contribution in [0.3, 0.4) is 0 Å². The fourth-order valence-corrected chi connectivity index (χ4v) is 1.90. The predicted molar refractivity (Wildman–Crippen MR) is 70.7 cm³/mol. The number of unbranched alkanes of at least 4 members (excludes halogenated alkanes) is 4. The Morgan fingerprint density at radius 1 is 1.12 bits per heavy atom. The summed E-state index contributed by atoms with van der Waals surface area (Å²) in [6.07, 6.45) is 6.49. The third-order valence-corrected chi connectivity index (χ3v) is 2.91. The zero-order valence-corrected chi connectivity index (χ0v) is 10.9. The predicted octanol–water partition coefficient (Wildman–Crippen LogP) is 4.24. The third kappa shape index (κ3) is 4.59. The lowest BCUT2D eigenvalue weighted by Gasteiger charge is -2.06. The highest BCUT2D eigenvalue weighted by atomic mass is 16.5. The maximum Gasteiger partial charge on any atom is 0.166 e. The summed E-state index contributed by atoms with van der Waals surface area (Å²) in [6, 6.07) is 7.45. The maximum absolute atomic E-state index is 12.0. The second kappa shape index (κ2) is 7.88. The number of Topliss-reactive ketones (excluding diaryl/α,β-unsaturated/α-hetero) is 1. The Balaban J connectivity index is 2.41. The van der Waals surface area contributed by atoms with E-state index in [1.807, 2.05) is 24.3 Å². The van der Waals surface area contributed by atoms with Crippen molar-refractivity contribution in [2.24, 2.45) is 0 Å². The molecule has 0 saturated carbocycles. The van der Waals surface area contributed by atoms with Gasteiger partial charge in [0.15, 0.2) is 5.78 Å². The molecule has 0 aliphatic rings. The number of hydrogen-bond acceptors (Lipinski definition) is 2. The van der Waals surface area contributed by atoms with E-state index in [0.717, 1.165) is 12.8 Å². The van der Waals surface area contributed by atoms with Gasteiger partial charge in [-0.05, 0) is 18.6 Å². The van der Waals surface area contributed by atoms with E-state index in [1.54, 1.807) is 7.11 Å². The largest absolute Gasteiger partial charge is 0.496 e. The summed E-state index contributed by atoms with van der Waals surface area (Å²) in [5.41, 5.74) is 0.713. The first kappa shape index (κ1) is 13.8. The van der Waals surface area contributed by atoms with Gasteiger partial charge in [-0.3, -0.25) is 4.79 Å². The Morgan fingerprint density at radius 3 is 2.53 bits per heavy atom. The van der Waals surface area contributed by atoms with E-state index in [2.05, 4.69) is 6.92 Å². The smallest absolute Gasteiger partial charge is 0.166 e. The van der Waals surface area contributed by atoms with Crippen LogP contribution < -0.4 is 4.74 Å². The molecule has 0 aliphatic heterocycles. The summed E-state index contributed by atoms with van der Waals surface area (Å²) >= 11 is 0. The summed E-state index contributed by atoms with van der Waals surface area (Å²) in [7, 11) is 1.60. The van der Waals surface area contributed by atoms with E-state index >= 15 is 0 Å². The topological polar surface area (TPSA) is 26.3 Å². The third-order valence-electron chi connectivity index (χ3n) is 2.91. The average molecular weight is 234 g/mol. The molecule has 0 saturated heterocycles. The van der Waals surface area contributed by atoms with Gasteiger partial charge in [-0.2, -0.15) is 0 Å². The first-order valence-electron chi connectivity index (χ1n) is 6.45. The lowest BCUT2D eigenvalue weighted by Crippen LogP contribution is -2.01. The van der Waals surface area contributed by atoms with Crippen molar-refractivity contribution in [1.82, 2.24) is 0 Å². The van der Waals surface area contributed by atoms with Gasteiger partial charge in [-0.25, -0.2) is 0 Å². The molecule has 0 aromatic heterocycles. The van der Waals surface area contributed by atoms with Crippen LogP contribution in [0.2, 0.25) is 0 Å². The number of benzene rings is 1. The van der Waals surface area contributed by atoms with Crippen molar-refractivity contribution >= 4 is 5.78 Å². The first-order chi connectivity index (χ1) is 8.29. The summed E-state index contributed by atoms with van der Waals surface area (Å²) in [5, 5.41) is 0. The Kier molecular flexibility index (Phi) is 6.38. The number of ether oxygens (including phenoxy) is 1. The molecule has 0 bridgehead atoms. The minimum absolute atomic E-state index is 0.193. The van der Waals surface area contributed by atoms with Gasteiger partial charge in [0.05, 0.1) is 12.7 Å². The van der Waals surface area contributed by atoms with E-state index in [4.69, 9.17) is 4.74 Å². The molecule has 94 valence electrons. The van der Waals surface area contributed by atoms with Gasteiger partial charge in [0.1, 0.15) is 5.75 Å². The van der Waals surface area contributed by atoms with Crippen LogP contribution in [0.5, 0.6) is 5.75 Å². The molecular weight excluding hydrogens is 212 g/mol. The Bertz CT molecular complexity index is 345. The highest BCUT2D eigenvalue weighted by Gasteiger charge is 2.10. The van der Waals surface area contributed by atoms with Crippen molar-refractivity contribution in [2.45, 2.75) is 45.4 Å². The SMILES string of the molecule is CCCCCCCC(=O)c1ccccc1OC.